The van der Waals surface area contributed by atoms with Gasteiger partial charge in [-0.3, -0.25) is 0 Å². The Balaban J connectivity index is 2.98. The number of thioether (sulfide) groups is 1. The molecule has 0 radical (unpaired) electrons. The molecule has 0 aromatic heterocycles. The van der Waals surface area contributed by atoms with Gasteiger partial charge in [-0.05, 0) is 18.4 Å². The summed E-state index contributed by atoms with van der Waals surface area (Å²) in [6.45, 7) is 0. The summed E-state index contributed by atoms with van der Waals surface area (Å²) in [5.74, 6) is 1.02. The van der Waals surface area contributed by atoms with Crippen molar-refractivity contribution >= 4 is 30.7 Å². The van der Waals surface area contributed by atoms with E-state index >= 15 is 0 Å². The van der Waals surface area contributed by atoms with E-state index in [1.807, 2.05) is 6.26 Å². The molecule has 8 heavy (non-hydrogen) atoms. The summed E-state index contributed by atoms with van der Waals surface area (Å²) < 4.78 is 0. The van der Waals surface area contributed by atoms with Gasteiger partial charge in [0.2, 0.25) is 0 Å². The van der Waals surface area contributed by atoms with E-state index in [1.165, 1.54) is 0 Å². The minimum atomic E-state index is -0.0533. The van der Waals surface area contributed by atoms with Crippen LogP contribution in [0.1, 0.15) is 6.42 Å². The van der Waals surface area contributed by atoms with Crippen molar-refractivity contribution in [1.82, 2.24) is 0 Å². The normalized spacial score (nSPS) is 13.2. The number of carbonyl (C=O) groups is 1. The van der Waals surface area contributed by atoms with Crippen molar-refractivity contribution in [1.29, 1.82) is 0 Å². The predicted molar refractivity (Wildman–Crippen MR) is 41.8 cm³/mol. The van der Waals surface area contributed by atoms with Gasteiger partial charge in [-0.15, -0.1) is 0 Å². The van der Waals surface area contributed by atoms with E-state index < -0.39 is 0 Å². The number of carbonyl (C=O) groups excluding carboxylic acids is 1. The Morgan fingerprint density at radius 1 is 1.88 bits per heavy atom. The first-order chi connectivity index (χ1) is 3.81. The smallest absolute Gasteiger partial charge is 0.132 e. The highest BCUT2D eigenvalue weighted by Gasteiger charge is 1.96. The Bertz CT molecular complexity index is 65.4. The molecule has 0 aliphatic carbocycles. The van der Waals surface area contributed by atoms with E-state index in [1.54, 1.807) is 11.8 Å². The van der Waals surface area contributed by atoms with Gasteiger partial charge in [-0.25, -0.2) is 0 Å². The number of hydrogen-bond donors (Lipinski definition) is 1. The van der Waals surface area contributed by atoms with Gasteiger partial charge in [0.25, 0.3) is 0 Å². The molecule has 0 saturated heterocycles. The molecule has 3 heteroatoms. The summed E-state index contributed by atoms with van der Waals surface area (Å²) in [5.41, 5.74) is 0. The highest BCUT2D eigenvalue weighted by atomic mass is 32.2. The van der Waals surface area contributed by atoms with Crippen LogP contribution < -0.4 is 0 Å². The van der Waals surface area contributed by atoms with Crippen LogP contribution >= 0.6 is 24.4 Å². The largest absolute Gasteiger partial charge is 0.302 e. The average Bonchev–Trinajstić information content (AvgIpc) is 1.83. The maximum absolute atomic E-state index is 9.93. The van der Waals surface area contributed by atoms with Crippen molar-refractivity contribution in [3.8, 4) is 0 Å². The first kappa shape index (κ1) is 8.37. The fourth-order valence-electron chi connectivity index (χ4n) is 0.307. The number of hydrogen-bond acceptors (Lipinski definition) is 3. The maximum Gasteiger partial charge on any atom is 0.132 e. The van der Waals surface area contributed by atoms with Crippen molar-refractivity contribution in [3.05, 3.63) is 0 Å². The fourth-order valence-corrected chi connectivity index (χ4v) is 1.10. The number of thiol groups is 1. The third-order valence-corrected chi connectivity index (χ3v) is 1.80. The highest BCUT2D eigenvalue weighted by molar-refractivity contribution is 7.98. The summed E-state index contributed by atoms with van der Waals surface area (Å²) in [6, 6.07) is 0. The lowest BCUT2D eigenvalue weighted by Gasteiger charge is -1.97. The minimum Gasteiger partial charge on any atom is -0.302 e. The first-order valence-electron chi connectivity index (χ1n) is 2.43. The van der Waals surface area contributed by atoms with Gasteiger partial charge in [0, 0.05) is 0 Å². The lowest BCUT2D eigenvalue weighted by Crippen LogP contribution is -2.00. The van der Waals surface area contributed by atoms with E-state index in [9.17, 15) is 4.79 Å². The highest BCUT2D eigenvalue weighted by Crippen LogP contribution is 2.02. The van der Waals surface area contributed by atoms with Crippen LogP contribution in [0.15, 0.2) is 0 Å². The molecule has 0 aliphatic rings. The predicted octanol–water partition coefficient (Wildman–Crippen LogP) is 1.24. The summed E-state index contributed by atoms with van der Waals surface area (Å²) in [6.07, 6.45) is 3.78. The van der Waals surface area contributed by atoms with Crippen LogP contribution in [0, 0.1) is 0 Å². The molecule has 0 N–H and O–H groups in total. The van der Waals surface area contributed by atoms with Gasteiger partial charge in [-0.2, -0.15) is 24.4 Å². The SMILES string of the molecule is CSCC[C@H](S)C=O. The molecule has 0 fully saturated rings. The molecule has 48 valence electrons. The number of aldehydes is 1. The topological polar surface area (TPSA) is 17.1 Å². The lowest BCUT2D eigenvalue weighted by atomic mass is 10.4. The zero-order chi connectivity index (χ0) is 6.41. The Morgan fingerprint density at radius 2 is 2.50 bits per heavy atom. The first-order valence-corrected chi connectivity index (χ1v) is 4.34. The van der Waals surface area contributed by atoms with Crippen molar-refractivity contribution in [3.63, 3.8) is 0 Å². The second kappa shape index (κ2) is 5.51. The van der Waals surface area contributed by atoms with Crippen LogP contribution in [0.5, 0.6) is 0 Å². The molecule has 0 spiro atoms. The van der Waals surface area contributed by atoms with Crippen molar-refractivity contribution in [2.24, 2.45) is 0 Å². The summed E-state index contributed by atoms with van der Waals surface area (Å²) >= 11 is 5.72. The molecule has 0 aromatic carbocycles. The van der Waals surface area contributed by atoms with Gasteiger partial charge in [-0.1, -0.05) is 0 Å². The van der Waals surface area contributed by atoms with Crippen LogP contribution in [-0.2, 0) is 4.79 Å². The molecule has 0 bridgehead atoms. The van der Waals surface area contributed by atoms with Crippen molar-refractivity contribution in [2.45, 2.75) is 11.7 Å². The molecule has 1 atom stereocenters. The zero-order valence-electron chi connectivity index (χ0n) is 4.83. The Hall–Kier alpha value is 0.370. The van der Waals surface area contributed by atoms with Gasteiger partial charge in [0.05, 0.1) is 5.25 Å². The van der Waals surface area contributed by atoms with Gasteiger partial charge < -0.3 is 4.79 Å². The van der Waals surface area contributed by atoms with E-state index in [-0.39, 0.29) is 5.25 Å². The second-order valence-electron chi connectivity index (χ2n) is 1.48. The molecule has 1 nitrogen and oxygen atoms in total. The quantitative estimate of drug-likeness (QED) is 0.479. The van der Waals surface area contributed by atoms with E-state index in [0.29, 0.717) is 0 Å². The average molecular weight is 150 g/mol. The number of rotatable bonds is 4. The van der Waals surface area contributed by atoms with Crippen molar-refractivity contribution in [2.75, 3.05) is 12.0 Å². The lowest BCUT2D eigenvalue weighted by molar-refractivity contribution is -0.107. The fraction of sp³-hybridized carbons (Fsp3) is 0.800. The molecule has 0 amide bonds. The third kappa shape index (κ3) is 4.53. The molecule has 0 aromatic rings. The van der Waals surface area contributed by atoms with Crippen LogP contribution in [0.2, 0.25) is 0 Å². The van der Waals surface area contributed by atoms with E-state index in [0.717, 1.165) is 18.5 Å². The van der Waals surface area contributed by atoms with Crippen molar-refractivity contribution < 1.29 is 4.79 Å². The van der Waals surface area contributed by atoms with Gasteiger partial charge >= 0.3 is 0 Å². The standard InChI is InChI=1S/C5H10OS2/c1-8-3-2-5(7)4-6/h4-5,7H,2-3H2,1H3/t5-/m0/s1. The monoisotopic (exact) mass is 150 g/mol. The van der Waals surface area contributed by atoms with Crippen LogP contribution in [0.4, 0.5) is 0 Å². The van der Waals surface area contributed by atoms with Gasteiger partial charge in [0.15, 0.2) is 0 Å². The molecule has 0 heterocycles. The molecule has 0 aliphatic heterocycles. The van der Waals surface area contributed by atoms with Crippen LogP contribution in [-0.4, -0.2) is 23.5 Å². The second-order valence-corrected chi connectivity index (χ2v) is 3.13. The molecular weight excluding hydrogens is 140 g/mol. The minimum absolute atomic E-state index is 0.0533. The zero-order valence-corrected chi connectivity index (χ0v) is 6.54. The van der Waals surface area contributed by atoms with Gasteiger partial charge in [0.1, 0.15) is 6.29 Å². The van der Waals surface area contributed by atoms with Crippen LogP contribution in [0.25, 0.3) is 0 Å². The summed E-state index contributed by atoms with van der Waals surface area (Å²) in [4.78, 5) is 9.93. The molecule has 0 rings (SSSR count). The maximum atomic E-state index is 9.93. The third-order valence-electron chi connectivity index (χ3n) is 0.775. The Kier molecular flexibility index (Phi) is 5.76. The summed E-state index contributed by atoms with van der Waals surface area (Å²) in [7, 11) is 0. The Labute approximate surface area is 59.6 Å². The van der Waals surface area contributed by atoms with E-state index in [2.05, 4.69) is 12.6 Å². The molecule has 0 unspecified atom stereocenters. The van der Waals surface area contributed by atoms with Crippen LogP contribution in [0.3, 0.4) is 0 Å². The molecule has 0 saturated carbocycles. The summed E-state index contributed by atoms with van der Waals surface area (Å²) in [5, 5.41) is -0.0533. The molecular formula is C5H10OS2. The van der Waals surface area contributed by atoms with E-state index in [4.69, 9.17) is 0 Å². The Morgan fingerprint density at radius 3 is 2.88 bits per heavy atom.